The molecule has 5 heteroatoms. The summed E-state index contributed by atoms with van der Waals surface area (Å²) in [6, 6.07) is 0. The molecule has 0 N–H and O–H groups in total. The summed E-state index contributed by atoms with van der Waals surface area (Å²) in [6.07, 6.45) is 8.91. The second kappa shape index (κ2) is 6.13. The Labute approximate surface area is 127 Å². The Bertz CT molecular complexity index is 414. The van der Waals surface area contributed by atoms with E-state index in [1.165, 1.54) is 12.8 Å². The Morgan fingerprint density at radius 1 is 1.10 bits per heavy atom. The Balaban J connectivity index is 1.87. The number of hydrogen-bond acceptors (Lipinski definition) is 3. The highest BCUT2D eigenvalue weighted by Crippen LogP contribution is 2.42. The van der Waals surface area contributed by atoms with Gasteiger partial charge in [-0.2, -0.15) is 0 Å². The molecule has 0 aromatic rings. The van der Waals surface area contributed by atoms with Gasteiger partial charge < -0.3 is 4.74 Å². The van der Waals surface area contributed by atoms with E-state index >= 15 is 0 Å². The molecule has 0 saturated heterocycles. The second-order valence-corrected chi connectivity index (χ2v) is 10.3. The van der Waals surface area contributed by atoms with Crippen molar-refractivity contribution in [1.82, 2.24) is 0 Å². The molecular formula is C15H27ClO3S. The van der Waals surface area contributed by atoms with Crippen molar-refractivity contribution in [2.45, 2.75) is 71.3 Å². The molecule has 2 aliphatic carbocycles. The van der Waals surface area contributed by atoms with Crippen LogP contribution in [0.2, 0.25) is 0 Å². The average Bonchev–Trinajstić information content (AvgIpc) is 2.74. The minimum absolute atomic E-state index is 0.0692. The minimum atomic E-state index is -3.45. The molecule has 2 fully saturated rings. The molecule has 0 bridgehead atoms. The Hall–Kier alpha value is 0.200. The van der Waals surface area contributed by atoms with Crippen molar-refractivity contribution in [3.8, 4) is 0 Å². The van der Waals surface area contributed by atoms with Crippen LogP contribution in [-0.2, 0) is 13.8 Å². The van der Waals surface area contributed by atoms with Crippen molar-refractivity contribution in [2.24, 2.45) is 10.8 Å². The topological polar surface area (TPSA) is 43.4 Å². The number of hydrogen-bond donors (Lipinski definition) is 0. The fourth-order valence-corrected chi connectivity index (χ4v) is 5.45. The predicted molar refractivity (Wildman–Crippen MR) is 82.5 cm³/mol. The molecule has 0 radical (unpaired) electrons. The minimum Gasteiger partial charge on any atom is -0.378 e. The second-order valence-electron chi connectivity index (χ2n) is 7.56. The van der Waals surface area contributed by atoms with E-state index in [1.807, 2.05) is 0 Å². The number of halogens is 1. The van der Waals surface area contributed by atoms with Gasteiger partial charge in [0.15, 0.2) is 0 Å². The van der Waals surface area contributed by atoms with Crippen molar-refractivity contribution in [3.05, 3.63) is 0 Å². The summed E-state index contributed by atoms with van der Waals surface area (Å²) in [7, 11) is 2.03. The van der Waals surface area contributed by atoms with E-state index in [0.717, 1.165) is 38.5 Å². The van der Waals surface area contributed by atoms with Crippen LogP contribution in [0.4, 0.5) is 0 Å². The zero-order valence-electron chi connectivity index (χ0n) is 12.7. The van der Waals surface area contributed by atoms with Gasteiger partial charge in [-0.3, -0.25) is 0 Å². The highest BCUT2D eigenvalue weighted by molar-refractivity contribution is 8.13. The smallest absolute Gasteiger partial charge is 0.233 e. The molecule has 2 saturated carbocycles. The lowest BCUT2D eigenvalue weighted by atomic mass is 9.76. The Morgan fingerprint density at radius 2 is 1.65 bits per heavy atom. The fourth-order valence-electron chi connectivity index (χ4n) is 3.66. The third kappa shape index (κ3) is 4.88. The number of rotatable bonds is 5. The van der Waals surface area contributed by atoms with E-state index in [-0.39, 0.29) is 11.2 Å². The zero-order chi connectivity index (χ0) is 14.9. The fraction of sp³-hybridized carbons (Fsp3) is 1.00. The van der Waals surface area contributed by atoms with Crippen molar-refractivity contribution in [3.63, 3.8) is 0 Å². The third-order valence-electron chi connectivity index (χ3n) is 5.05. The van der Waals surface area contributed by atoms with Crippen LogP contribution in [0.15, 0.2) is 0 Å². The molecule has 2 rings (SSSR count). The molecule has 2 aliphatic rings. The largest absolute Gasteiger partial charge is 0.378 e. The van der Waals surface area contributed by atoms with Crippen LogP contribution in [0.1, 0.15) is 65.2 Å². The summed E-state index contributed by atoms with van der Waals surface area (Å²) in [4.78, 5) is 0. The van der Waals surface area contributed by atoms with Crippen molar-refractivity contribution in [2.75, 3.05) is 12.4 Å². The molecule has 0 heterocycles. The van der Waals surface area contributed by atoms with Gasteiger partial charge in [0, 0.05) is 16.1 Å². The van der Waals surface area contributed by atoms with Gasteiger partial charge in [0.05, 0.1) is 18.5 Å². The lowest BCUT2D eigenvalue weighted by Gasteiger charge is -2.36. The maximum absolute atomic E-state index is 11.4. The first-order valence-corrected chi connectivity index (χ1v) is 10.2. The third-order valence-corrected chi connectivity index (χ3v) is 6.34. The van der Waals surface area contributed by atoms with Crippen molar-refractivity contribution < 1.29 is 13.2 Å². The van der Waals surface area contributed by atoms with E-state index in [1.54, 1.807) is 0 Å². The molecule has 3 nitrogen and oxygen atoms in total. The first-order chi connectivity index (χ1) is 9.20. The predicted octanol–water partition coefficient (Wildman–Crippen LogP) is 4.10. The summed E-state index contributed by atoms with van der Waals surface area (Å²) in [6.45, 7) is 5.17. The van der Waals surface area contributed by atoms with Crippen molar-refractivity contribution >= 4 is 19.7 Å². The molecule has 0 unspecified atom stereocenters. The van der Waals surface area contributed by atoms with Gasteiger partial charge in [-0.25, -0.2) is 8.42 Å². The Kier molecular flexibility index (Phi) is 5.08. The lowest BCUT2D eigenvalue weighted by Crippen LogP contribution is -2.34. The maximum atomic E-state index is 11.4. The summed E-state index contributed by atoms with van der Waals surface area (Å²) in [5, 5.41) is 0. The van der Waals surface area contributed by atoms with E-state index < -0.39 is 9.05 Å². The molecule has 0 amide bonds. The normalized spacial score (nSPS) is 26.8. The highest BCUT2D eigenvalue weighted by Gasteiger charge is 2.39. The quantitative estimate of drug-likeness (QED) is 0.716. The Morgan fingerprint density at radius 3 is 2.15 bits per heavy atom. The van der Waals surface area contributed by atoms with Crippen LogP contribution in [0.5, 0.6) is 0 Å². The van der Waals surface area contributed by atoms with Crippen LogP contribution in [-0.4, -0.2) is 26.9 Å². The van der Waals surface area contributed by atoms with Crippen molar-refractivity contribution in [1.29, 1.82) is 0 Å². The van der Waals surface area contributed by atoms with Gasteiger partial charge in [0.25, 0.3) is 0 Å². The van der Waals surface area contributed by atoms with Crippen LogP contribution >= 0.6 is 10.7 Å². The van der Waals surface area contributed by atoms with E-state index in [0.29, 0.717) is 18.1 Å². The molecular weight excluding hydrogens is 296 g/mol. The molecule has 20 heavy (non-hydrogen) atoms. The number of ether oxygens (including phenoxy) is 1. The molecule has 0 spiro atoms. The van der Waals surface area contributed by atoms with Crippen LogP contribution in [0, 0.1) is 10.8 Å². The van der Waals surface area contributed by atoms with Crippen LogP contribution in [0.25, 0.3) is 0 Å². The van der Waals surface area contributed by atoms with Gasteiger partial charge in [0.1, 0.15) is 0 Å². The molecule has 0 aromatic carbocycles. The van der Waals surface area contributed by atoms with Gasteiger partial charge in [-0.1, -0.05) is 26.7 Å². The van der Waals surface area contributed by atoms with Gasteiger partial charge in [-0.15, -0.1) is 0 Å². The molecule has 0 aliphatic heterocycles. The van der Waals surface area contributed by atoms with Crippen LogP contribution in [0.3, 0.4) is 0 Å². The van der Waals surface area contributed by atoms with Crippen LogP contribution < -0.4 is 0 Å². The maximum Gasteiger partial charge on any atom is 0.233 e. The zero-order valence-corrected chi connectivity index (χ0v) is 14.2. The van der Waals surface area contributed by atoms with Gasteiger partial charge in [0.2, 0.25) is 9.05 Å². The SMILES string of the molecule is CC1(C)CCC(OCC2(CS(=O)(=O)Cl)CCCC2)CC1. The molecule has 0 aromatic heterocycles. The average molecular weight is 323 g/mol. The summed E-state index contributed by atoms with van der Waals surface area (Å²) >= 11 is 0. The van der Waals surface area contributed by atoms with E-state index in [4.69, 9.17) is 15.4 Å². The monoisotopic (exact) mass is 322 g/mol. The van der Waals surface area contributed by atoms with E-state index in [9.17, 15) is 8.42 Å². The van der Waals surface area contributed by atoms with Gasteiger partial charge >= 0.3 is 0 Å². The molecule has 0 atom stereocenters. The summed E-state index contributed by atoms with van der Waals surface area (Å²) in [5.41, 5.74) is 0.206. The highest BCUT2D eigenvalue weighted by atomic mass is 35.7. The summed E-state index contributed by atoms with van der Waals surface area (Å²) < 4.78 is 29.0. The van der Waals surface area contributed by atoms with E-state index in [2.05, 4.69) is 13.8 Å². The first-order valence-electron chi connectivity index (χ1n) is 7.74. The standard InChI is InChI=1S/C15H27ClO3S/c1-14(2)9-5-13(6-10-14)19-11-15(7-3-4-8-15)12-20(16,17)18/h13H,3-12H2,1-2H3. The van der Waals surface area contributed by atoms with Gasteiger partial charge in [-0.05, 0) is 43.9 Å². The summed E-state index contributed by atoms with van der Waals surface area (Å²) in [5.74, 6) is 0.0692. The lowest BCUT2D eigenvalue weighted by molar-refractivity contribution is -0.0327. The molecule has 118 valence electrons. The first kappa shape index (κ1) is 16.6.